The third kappa shape index (κ3) is 4.33. The summed E-state index contributed by atoms with van der Waals surface area (Å²) >= 11 is 6.74. The van der Waals surface area contributed by atoms with E-state index < -0.39 is 11.0 Å². The first-order chi connectivity index (χ1) is 21.2. The zero-order chi connectivity index (χ0) is 30.4. The van der Waals surface area contributed by atoms with Crippen LogP contribution in [-0.4, -0.2) is 85.1 Å². The predicted octanol–water partition coefficient (Wildman–Crippen LogP) is 5.08. The van der Waals surface area contributed by atoms with E-state index in [1.54, 1.807) is 4.90 Å². The van der Waals surface area contributed by atoms with Gasteiger partial charge in [0, 0.05) is 42.5 Å². The number of benzene rings is 1. The molecule has 0 bridgehead atoms. The highest BCUT2D eigenvalue weighted by Crippen LogP contribution is 2.52. The van der Waals surface area contributed by atoms with Crippen LogP contribution in [0.3, 0.4) is 0 Å². The maximum atomic E-state index is 14.6. The quantitative estimate of drug-likeness (QED) is 0.402. The van der Waals surface area contributed by atoms with Gasteiger partial charge in [-0.15, -0.1) is 0 Å². The van der Waals surface area contributed by atoms with E-state index in [-0.39, 0.29) is 23.9 Å². The van der Waals surface area contributed by atoms with Crippen molar-refractivity contribution in [3.63, 3.8) is 0 Å². The second-order valence-corrected chi connectivity index (χ2v) is 14.5. The number of hydrogen-bond donors (Lipinski definition) is 1. The number of amides is 2. The van der Waals surface area contributed by atoms with E-state index in [4.69, 9.17) is 16.6 Å². The Morgan fingerprint density at radius 1 is 1.00 bits per heavy atom. The molecule has 2 amide bonds. The highest BCUT2D eigenvalue weighted by molar-refractivity contribution is 6.34. The lowest BCUT2D eigenvalue weighted by atomic mass is 9.73. The molecule has 3 aliphatic heterocycles. The molecular weight excluding hydrogens is 576 g/mol. The minimum absolute atomic E-state index is 0.162. The summed E-state index contributed by atoms with van der Waals surface area (Å²) in [6, 6.07) is 9.20. The van der Waals surface area contributed by atoms with Gasteiger partial charge in [0.1, 0.15) is 11.1 Å². The van der Waals surface area contributed by atoms with Crippen molar-refractivity contribution in [1.82, 2.24) is 24.3 Å². The summed E-state index contributed by atoms with van der Waals surface area (Å²) in [4.78, 5) is 43.4. The van der Waals surface area contributed by atoms with Crippen LogP contribution < -0.4 is 4.90 Å². The molecule has 1 spiro atoms. The summed E-state index contributed by atoms with van der Waals surface area (Å²) in [6.07, 6.45) is 9.85. The van der Waals surface area contributed by atoms with Gasteiger partial charge in [-0.2, -0.15) is 0 Å². The third-order valence-electron chi connectivity index (χ3n) is 11.1. The van der Waals surface area contributed by atoms with Crippen LogP contribution in [0.1, 0.15) is 83.2 Å². The van der Waals surface area contributed by atoms with Gasteiger partial charge in [-0.05, 0) is 96.0 Å². The van der Waals surface area contributed by atoms with Gasteiger partial charge < -0.3 is 24.4 Å². The van der Waals surface area contributed by atoms with Gasteiger partial charge in [-0.25, -0.2) is 9.97 Å². The first-order valence-corrected chi connectivity index (χ1v) is 16.8. The summed E-state index contributed by atoms with van der Waals surface area (Å²) in [6.45, 7) is 7.47. The number of piperidine rings is 2. The van der Waals surface area contributed by atoms with E-state index in [0.29, 0.717) is 50.0 Å². The van der Waals surface area contributed by atoms with Crippen molar-refractivity contribution in [3.05, 3.63) is 41.3 Å². The number of imidazole rings is 1. The molecular formula is C34H41ClN6O3. The monoisotopic (exact) mass is 616 g/mol. The molecule has 0 radical (unpaired) electrons. The average molecular weight is 617 g/mol. The maximum Gasteiger partial charge on any atom is 0.254 e. The van der Waals surface area contributed by atoms with Gasteiger partial charge in [0.15, 0.2) is 5.15 Å². The van der Waals surface area contributed by atoms with Gasteiger partial charge in [-0.1, -0.05) is 30.2 Å². The Bertz CT molecular complexity index is 1640. The smallest absolute Gasteiger partial charge is 0.254 e. The molecule has 2 saturated carbocycles. The molecule has 5 heterocycles. The number of fused-ring (bicyclic) bond motifs is 3. The van der Waals surface area contributed by atoms with Crippen molar-refractivity contribution in [2.75, 3.05) is 31.1 Å². The minimum atomic E-state index is -1.18. The minimum Gasteiger partial charge on any atom is -0.380 e. The molecule has 44 heavy (non-hydrogen) atoms. The molecule has 10 heteroatoms. The summed E-state index contributed by atoms with van der Waals surface area (Å²) in [5.41, 5.74) is 3.48. The van der Waals surface area contributed by atoms with Crippen LogP contribution in [0.4, 0.5) is 5.69 Å². The molecule has 2 saturated heterocycles. The molecule has 1 N–H and O–H groups in total. The number of halogens is 1. The van der Waals surface area contributed by atoms with Gasteiger partial charge >= 0.3 is 0 Å². The Morgan fingerprint density at radius 2 is 1.73 bits per heavy atom. The van der Waals surface area contributed by atoms with Crippen LogP contribution in [0.5, 0.6) is 0 Å². The topological polar surface area (TPSA) is 94.8 Å². The van der Waals surface area contributed by atoms with E-state index in [2.05, 4.69) is 46.8 Å². The molecule has 4 fully saturated rings. The fraction of sp³-hybridized carbons (Fsp3) is 0.588. The molecule has 232 valence electrons. The number of aliphatic hydroxyl groups is 1. The van der Waals surface area contributed by atoms with Crippen molar-refractivity contribution in [2.24, 2.45) is 0 Å². The summed E-state index contributed by atoms with van der Waals surface area (Å²) in [7, 11) is 0. The van der Waals surface area contributed by atoms with E-state index >= 15 is 0 Å². The van der Waals surface area contributed by atoms with Crippen LogP contribution in [0.15, 0.2) is 30.6 Å². The molecule has 1 aromatic carbocycles. The molecule has 0 unspecified atom stereocenters. The molecule has 3 aromatic rings. The van der Waals surface area contributed by atoms with Crippen molar-refractivity contribution in [3.8, 4) is 11.3 Å². The fourth-order valence-electron chi connectivity index (χ4n) is 8.22. The number of anilines is 1. The molecule has 0 atom stereocenters. The first-order valence-electron chi connectivity index (χ1n) is 16.5. The van der Waals surface area contributed by atoms with Crippen LogP contribution in [0, 0.1) is 0 Å². The van der Waals surface area contributed by atoms with Crippen LogP contribution >= 0.6 is 11.6 Å². The van der Waals surface area contributed by atoms with E-state index in [1.807, 2.05) is 17.0 Å². The summed E-state index contributed by atoms with van der Waals surface area (Å²) in [5.74, 6) is -0.00654. The highest BCUT2D eigenvalue weighted by Gasteiger charge is 2.57. The molecule has 9 nitrogen and oxygen atoms in total. The molecule has 8 rings (SSSR count). The zero-order valence-corrected chi connectivity index (χ0v) is 26.4. The summed E-state index contributed by atoms with van der Waals surface area (Å²) < 4.78 is 2.04. The highest BCUT2D eigenvalue weighted by atomic mass is 35.5. The van der Waals surface area contributed by atoms with Crippen molar-refractivity contribution >= 4 is 40.1 Å². The van der Waals surface area contributed by atoms with Gasteiger partial charge in [-0.3, -0.25) is 9.59 Å². The Labute approximate surface area is 263 Å². The lowest BCUT2D eigenvalue weighted by Gasteiger charge is -2.48. The molecule has 2 aromatic heterocycles. The van der Waals surface area contributed by atoms with E-state index in [1.165, 1.54) is 19.3 Å². The second-order valence-electron chi connectivity index (χ2n) is 14.1. The number of nitrogens with zero attached hydrogens (tertiary/aromatic N) is 6. The largest absolute Gasteiger partial charge is 0.380 e. The number of pyridine rings is 1. The lowest BCUT2D eigenvalue weighted by molar-refractivity contribution is -0.145. The molecule has 5 aliphatic rings. The lowest BCUT2D eigenvalue weighted by Crippen LogP contribution is -2.58. The van der Waals surface area contributed by atoms with Crippen LogP contribution in [0.25, 0.3) is 22.3 Å². The Morgan fingerprint density at radius 3 is 2.41 bits per heavy atom. The Hall–Kier alpha value is -3.01. The number of likely N-dealkylation sites (tertiary alicyclic amines) is 2. The number of hydrogen-bond acceptors (Lipinski definition) is 6. The summed E-state index contributed by atoms with van der Waals surface area (Å²) in [5, 5.41) is 10.9. The standard InChI is InChI=1S/C34H41ClN6O3/c1-21(2)40-20-36-27-19-26(37-30(35)29(27)40)22-6-7-25-28(16-22)41(24-17-23(18-24)38-12-4-3-5-13-38)31(42)33(25)10-14-39(15-11-33)32(43)34(44)8-9-34/h6-7,16,19-21,23-24,44H,3-5,8-15,17-18H2,1-2H3/t23-,24+. The maximum absolute atomic E-state index is 14.6. The SMILES string of the molecule is CC(C)n1cnc2cc(-c3ccc4c(c3)N([C@H]3C[C@@H](N5CCCCC5)C3)C(=O)C43CCN(C(=O)C4(O)CC4)CC3)nc(Cl)c21. The van der Waals surface area contributed by atoms with Crippen LogP contribution in [0.2, 0.25) is 5.15 Å². The van der Waals surface area contributed by atoms with E-state index in [0.717, 1.165) is 59.5 Å². The van der Waals surface area contributed by atoms with E-state index in [9.17, 15) is 14.7 Å². The van der Waals surface area contributed by atoms with Crippen molar-refractivity contribution in [2.45, 2.75) is 101 Å². The number of carbonyl (C=O) groups excluding carboxylic acids is 2. The molecule has 2 aliphatic carbocycles. The third-order valence-corrected chi connectivity index (χ3v) is 11.4. The Kier molecular flexibility index (Phi) is 6.63. The zero-order valence-electron chi connectivity index (χ0n) is 25.6. The fourth-order valence-corrected chi connectivity index (χ4v) is 8.50. The predicted molar refractivity (Wildman–Crippen MR) is 170 cm³/mol. The van der Waals surface area contributed by atoms with Gasteiger partial charge in [0.25, 0.3) is 5.91 Å². The van der Waals surface area contributed by atoms with Crippen molar-refractivity contribution < 1.29 is 14.7 Å². The van der Waals surface area contributed by atoms with Gasteiger partial charge in [0.2, 0.25) is 5.91 Å². The number of rotatable bonds is 5. The number of aromatic nitrogens is 3. The van der Waals surface area contributed by atoms with Crippen LogP contribution in [-0.2, 0) is 15.0 Å². The average Bonchev–Trinajstić information content (AvgIpc) is 3.53. The normalized spacial score (nSPS) is 26.0. The van der Waals surface area contributed by atoms with Crippen molar-refractivity contribution in [1.29, 1.82) is 0 Å². The number of carbonyl (C=O) groups is 2. The first kappa shape index (κ1) is 28.5. The second kappa shape index (κ2) is 10.3. The van der Waals surface area contributed by atoms with Gasteiger partial charge in [0.05, 0.1) is 23.0 Å². The Balaban J connectivity index is 1.14.